The minimum Gasteiger partial charge on any atom is -0.482 e. The van der Waals surface area contributed by atoms with Crippen molar-refractivity contribution in [2.75, 3.05) is 6.61 Å². The number of halogens is 2. The average Bonchev–Trinajstić information content (AvgIpc) is 2.59. The van der Waals surface area contributed by atoms with E-state index in [1.807, 2.05) is 0 Å². The van der Waals surface area contributed by atoms with E-state index in [2.05, 4.69) is 4.72 Å². The molecular formula is C18H17F2NO5S. The predicted molar refractivity (Wildman–Crippen MR) is 91.9 cm³/mol. The van der Waals surface area contributed by atoms with Crippen LogP contribution in [-0.2, 0) is 21.2 Å². The highest BCUT2D eigenvalue weighted by Crippen LogP contribution is 2.36. The first kappa shape index (κ1) is 19.2. The van der Waals surface area contributed by atoms with E-state index in [1.54, 1.807) is 18.2 Å². The van der Waals surface area contributed by atoms with E-state index in [-0.39, 0.29) is 0 Å². The lowest BCUT2D eigenvalue weighted by Gasteiger charge is -2.27. The number of nitrogens with one attached hydrogen (secondary N) is 1. The summed E-state index contributed by atoms with van der Waals surface area (Å²) < 4.78 is 59.7. The molecule has 27 heavy (non-hydrogen) atoms. The Morgan fingerprint density at radius 1 is 1.22 bits per heavy atom. The van der Waals surface area contributed by atoms with Gasteiger partial charge in [-0.15, -0.1) is 0 Å². The number of benzene rings is 2. The summed E-state index contributed by atoms with van der Waals surface area (Å²) in [7, 11) is -4.15. The van der Waals surface area contributed by atoms with Crippen LogP contribution in [0, 0.1) is 11.6 Å². The SMILES string of the molecule is O=C(O)COc1cccc2c1CCC[C@H]2NS(=O)(=O)c1cc(F)cc(F)c1. The topological polar surface area (TPSA) is 92.7 Å². The average molecular weight is 397 g/mol. The number of rotatable bonds is 6. The van der Waals surface area contributed by atoms with Gasteiger partial charge in [0.25, 0.3) is 0 Å². The minimum atomic E-state index is -4.15. The van der Waals surface area contributed by atoms with Crippen LogP contribution >= 0.6 is 0 Å². The molecule has 0 heterocycles. The van der Waals surface area contributed by atoms with Crippen LogP contribution in [0.15, 0.2) is 41.3 Å². The molecule has 0 amide bonds. The number of carbonyl (C=O) groups is 1. The van der Waals surface area contributed by atoms with Crippen LogP contribution in [-0.4, -0.2) is 26.1 Å². The number of sulfonamides is 1. The molecule has 9 heteroatoms. The van der Waals surface area contributed by atoms with Crippen molar-refractivity contribution < 1.29 is 31.8 Å². The second-order valence-corrected chi connectivity index (χ2v) is 7.89. The van der Waals surface area contributed by atoms with Crippen LogP contribution < -0.4 is 9.46 Å². The second kappa shape index (κ2) is 7.61. The first-order valence-electron chi connectivity index (χ1n) is 8.21. The Kier molecular flexibility index (Phi) is 5.43. The van der Waals surface area contributed by atoms with Gasteiger partial charge in [-0.2, -0.15) is 0 Å². The summed E-state index contributed by atoms with van der Waals surface area (Å²) in [5, 5.41) is 8.78. The molecule has 0 unspecified atom stereocenters. The van der Waals surface area contributed by atoms with Gasteiger partial charge in [-0.3, -0.25) is 0 Å². The zero-order valence-electron chi connectivity index (χ0n) is 14.1. The predicted octanol–water partition coefficient (Wildman–Crippen LogP) is 2.78. The van der Waals surface area contributed by atoms with Crippen molar-refractivity contribution >= 4 is 16.0 Å². The molecule has 1 atom stereocenters. The van der Waals surface area contributed by atoms with Crippen molar-refractivity contribution in [1.29, 1.82) is 0 Å². The summed E-state index contributed by atoms with van der Waals surface area (Å²) in [4.78, 5) is 10.2. The first-order valence-corrected chi connectivity index (χ1v) is 9.69. The van der Waals surface area contributed by atoms with E-state index in [1.165, 1.54) is 0 Å². The van der Waals surface area contributed by atoms with E-state index >= 15 is 0 Å². The fourth-order valence-electron chi connectivity index (χ4n) is 3.15. The molecule has 0 saturated heterocycles. The van der Waals surface area contributed by atoms with Gasteiger partial charge in [-0.25, -0.2) is 26.7 Å². The fourth-order valence-corrected chi connectivity index (χ4v) is 4.44. The van der Waals surface area contributed by atoms with Crippen LogP contribution in [0.5, 0.6) is 5.75 Å². The van der Waals surface area contributed by atoms with Gasteiger partial charge < -0.3 is 9.84 Å². The standard InChI is InChI=1S/C18H17F2NO5S/c19-11-7-12(20)9-13(8-11)27(24,25)21-16-5-1-4-15-14(16)3-2-6-17(15)26-10-18(22)23/h2-3,6-9,16,21H,1,4-5,10H2,(H,22,23)/t16-/m1/s1. The Morgan fingerprint density at radius 2 is 1.93 bits per heavy atom. The van der Waals surface area contributed by atoms with Gasteiger partial charge in [-0.1, -0.05) is 12.1 Å². The Hall–Kier alpha value is -2.52. The number of fused-ring (bicyclic) bond motifs is 1. The number of hydrogen-bond donors (Lipinski definition) is 2. The summed E-state index contributed by atoms with van der Waals surface area (Å²) >= 11 is 0. The zero-order valence-corrected chi connectivity index (χ0v) is 14.9. The van der Waals surface area contributed by atoms with Crippen molar-refractivity contribution in [1.82, 2.24) is 4.72 Å². The Morgan fingerprint density at radius 3 is 2.59 bits per heavy atom. The summed E-state index contributed by atoms with van der Waals surface area (Å²) in [6, 6.07) is 6.48. The van der Waals surface area contributed by atoms with Crippen molar-refractivity contribution in [3.8, 4) is 5.75 Å². The summed E-state index contributed by atoms with van der Waals surface area (Å²) in [6.45, 7) is -0.505. The summed E-state index contributed by atoms with van der Waals surface area (Å²) in [5.74, 6) is -2.70. The molecule has 0 fully saturated rings. The summed E-state index contributed by atoms with van der Waals surface area (Å²) in [6.07, 6.45) is 1.75. The van der Waals surface area contributed by atoms with Gasteiger partial charge in [0.1, 0.15) is 17.4 Å². The molecule has 0 radical (unpaired) electrons. The number of aliphatic carboxylic acids is 1. The van der Waals surface area contributed by atoms with Crippen LogP contribution in [0.25, 0.3) is 0 Å². The zero-order chi connectivity index (χ0) is 19.6. The van der Waals surface area contributed by atoms with Gasteiger partial charge in [0, 0.05) is 12.1 Å². The number of carboxylic acids is 1. The lowest BCUT2D eigenvalue weighted by molar-refractivity contribution is -0.139. The lowest BCUT2D eigenvalue weighted by atomic mass is 9.87. The Labute approximate surface area is 154 Å². The van der Waals surface area contributed by atoms with Crippen LogP contribution in [0.2, 0.25) is 0 Å². The molecule has 2 aromatic rings. The van der Waals surface area contributed by atoms with Crippen molar-refractivity contribution in [3.05, 3.63) is 59.2 Å². The quantitative estimate of drug-likeness (QED) is 0.782. The normalized spacial score (nSPS) is 16.6. The molecule has 1 aliphatic rings. The van der Waals surface area contributed by atoms with E-state index in [9.17, 15) is 22.0 Å². The van der Waals surface area contributed by atoms with E-state index < -0.39 is 45.2 Å². The highest BCUT2D eigenvalue weighted by molar-refractivity contribution is 7.89. The molecule has 2 N–H and O–H groups in total. The molecular weight excluding hydrogens is 380 g/mol. The van der Waals surface area contributed by atoms with Gasteiger partial charge in [0.05, 0.1) is 4.90 Å². The third kappa shape index (κ3) is 4.42. The van der Waals surface area contributed by atoms with E-state index in [0.29, 0.717) is 36.6 Å². The van der Waals surface area contributed by atoms with Gasteiger partial charge >= 0.3 is 5.97 Å². The van der Waals surface area contributed by atoms with Gasteiger partial charge in [0.2, 0.25) is 10.0 Å². The van der Waals surface area contributed by atoms with Gasteiger partial charge in [-0.05, 0) is 48.6 Å². The maximum absolute atomic E-state index is 13.4. The third-order valence-corrected chi connectivity index (χ3v) is 5.71. The third-order valence-electron chi connectivity index (χ3n) is 4.26. The molecule has 1 aliphatic carbocycles. The van der Waals surface area contributed by atoms with Crippen molar-refractivity contribution in [2.45, 2.75) is 30.2 Å². The van der Waals surface area contributed by atoms with Crippen LogP contribution in [0.3, 0.4) is 0 Å². The van der Waals surface area contributed by atoms with Crippen molar-refractivity contribution in [2.24, 2.45) is 0 Å². The molecule has 3 rings (SSSR count). The van der Waals surface area contributed by atoms with E-state index in [4.69, 9.17) is 9.84 Å². The molecule has 0 spiro atoms. The molecule has 0 aliphatic heterocycles. The van der Waals surface area contributed by atoms with E-state index in [0.717, 1.165) is 17.7 Å². The first-order chi connectivity index (χ1) is 12.8. The molecule has 2 aromatic carbocycles. The maximum Gasteiger partial charge on any atom is 0.341 e. The largest absolute Gasteiger partial charge is 0.482 e. The highest BCUT2D eigenvalue weighted by atomic mass is 32.2. The minimum absolute atomic E-state index is 0.385. The lowest BCUT2D eigenvalue weighted by Crippen LogP contribution is -2.31. The number of ether oxygens (including phenoxy) is 1. The number of hydrogen-bond acceptors (Lipinski definition) is 4. The Bertz CT molecular complexity index is 957. The van der Waals surface area contributed by atoms with Gasteiger partial charge in [0.15, 0.2) is 6.61 Å². The molecule has 0 saturated carbocycles. The maximum atomic E-state index is 13.4. The van der Waals surface area contributed by atoms with Crippen LogP contribution in [0.4, 0.5) is 8.78 Å². The molecule has 6 nitrogen and oxygen atoms in total. The molecule has 0 aromatic heterocycles. The molecule has 0 bridgehead atoms. The van der Waals surface area contributed by atoms with Crippen LogP contribution in [0.1, 0.15) is 30.0 Å². The fraction of sp³-hybridized carbons (Fsp3) is 0.278. The van der Waals surface area contributed by atoms with Crippen molar-refractivity contribution in [3.63, 3.8) is 0 Å². The summed E-state index contributed by atoms with van der Waals surface area (Å²) in [5.41, 5.74) is 1.38. The monoisotopic (exact) mass is 397 g/mol. The number of carboxylic acid groups (broad SMARTS) is 1. The molecule has 144 valence electrons. The Balaban J connectivity index is 1.89. The second-order valence-electron chi connectivity index (χ2n) is 6.18. The highest BCUT2D eigenvalue weighted by Gasteiger charge is 2.28. The smallest absolute Gasteiger partial charge is 0.341 e.